The highest BCUT2D eigenvalue weighted by Crippen LogP contribution is 2.15. The number of benzene rings is 1. The Morgan fingerprint density at radius 1 is 0.708 bits per heavy atom. The lowest BCUT2D eigenvalue weighted by Crippen LogP contribution is -2.37. The van der Waals surface area contributed by atoms with E-state index < -0.39 is 66.4 Å². The van der Waals surface area contributed by atoms with Crippen LogP contribution in [0.2, 0.25) is 0 Å². The molecule has 0 amide bonds. The predicted molar refractivity (Wildman–Crippen MR) is 78.1 cm³/mol. The van der Waals surface area contributed by atoms with Crippen molar-refractivity contribution in [3.8, 4) is 0 Å². The molecule has 0 heterocycles. The average molecular weight is 346 g/mol. The maximum absolute atomic E-state index is 10.7. The fourth-order valence-electron chi connectivity index (χ4n) is 1.44. The molecule has 0 bridgehead atoms. The molecule has 0 aliphatic heterocycles. The van der Waals surface area contributed by atoms with Gasteiger partial charge in [-0.2, -0.15) is 0 Å². The summed E-state index contributed by atoms with van der Waals surface area (Å²) < 4.78 is 0. The van der Waals surface area contributed by atoms with Crippen molar-refractivity contribution in [2.24, 2.45) is 5.41 Å². The van der Waals surface area contributed by atoms with Gasteiger partial charge < -0.3 is 35.7 Å². The molecule has 134 valence electrons. The van der Waals surface area contributed by atoms with E-state index in [1.54, 1.807) is 0 Å². The zero-order valence-electron chi connectivity index (χ0n) is 12.4. The predicted octanol–water partition coefficient (Wildman–Crippen LogP) is -1.28. The van der Waals surface area contributed by atoms with Crippen molar-refractivity contribution in [2.75, 3.05) is 26.4 Å². The Kier molecular flexibility index (Phi) is 8.56. The highest BCUT2D eigenvalue weighted by Gasteiger charge is 2.26. The van der Waals surface area contributed by atoms with Crippen molar-refractivity contribution < 1.29 is 50.1 Å². The fraction of sp³-hybridized carbons (Fsp3) is 0.357. The minimum atomic E-state index is -1.58. The molecule has 1 aromatic rings. The molecule has 0 unspecified atom stereocenters. The summed E-state index contributed by atoms with van der Waals surface area (Å²) in [5, 5.41) is 60.0. The molecule has 10 heteroatoms. The molecule has 0 saturated heterocycles. The first-order chi connectivity index (χ1) is 11.2. The van der Waals surface area contributed by atoms with Crippen LogP contribution in [0.3, 0.4) is 0 Å². The standard InChI is InChI=1S/C9H6O6.C5H12O4/c10-7(11)4-2-1-3-5(8(12)13)6(4)9(14)15;6-1-5(2-7,3-8)4-9/h1-3H,(H,10,11)(H,12,13)(H,14,15);6-9H,1-4H2. The van der Waals surface area contributed by atoms with Gasteiger partial charge in [0.1, 0.15) is 0 Å². The van der Waals surface area contributed by atoms with Crippen LogP contribution in [0.15, 0.2) is 18.2 Å². The van der Waals surface area contributed by atoms with Gasteiger partial charge in [-0.15, -0.1) is 0 Å². The molecule has 0 atom stereocenters. The van der Waals surface area contributed by atoms with Crippen molar-refractivity contribution in [2.45, 2.75) is 0 Å². The van der Waals surface area contributed by atoms with Crippen molar-refractivity contribution >= 4 is 17.9 Å². The Hall–Kier alpha value is -2.53. The van der Waals surface area contributed by atoms with E-state index in [4.69, 9.17) is 35.7 Å². The Balaban J connectivity index is 0.000000506. The van der Waals surface area contributed by atoms with Gasteiger partial charge in [-0.1, -0.05) is 6.07 Å². The minimum absolute atomic E-state index is 0.406. The van der Waals surface area contributed by atoms with Crippen molar-refractivity contribution in [3.63, 3.8) is 0 Å². The smallest absolute Gasteiger partial charge is 0.337 e. The van der Waals surface area contributed by atoms with Gasteiger partial charge in [-0.05, 0) is 12.1 Å². The molecule has 10 nitrogen and oxygen atoms in total. The number of hydrogen-bond acceptors (Lipinski definition) is 7. The van der Waals surface area contributed by atoms with E-state index >= 15 is 0 Å². The summed E-state index contributed by atoms with van der Waals surface area (Å²) in [6, 6.07) is 3.26. The lowest BCUT2D eigenvalue weighted by molar-refractivity contribution is -0.0328. The van der Waals surface area contributed by atoms with Gasteiger partial charge in [0.25, 0.3) is 0 Å². The zero-order chi connectivity index (χ0) is 18.9. The van der Waals surface area contributed by atoms with Crippen molar-refractivity contribution in [3.05, 3.63) is 34.9 Å². The maximum Gasteiger partial charge on any atom is 0.337 e. The van der Waals surface area contributed by atoms with Crippen LogP contribution in [-0.2, 0) is 0 Å². The third-order valence-electron chi connectivity index (χ3n) is 3.08. The first-order valence-corrected chi connectivity index (χ1v) is 6.46. The molecule has 0 aliphatic rings. The van der Waals surface area contributed by atoms with E-state index in [1.807, 2.05) is 0 Å². The fourth-order valence-corrected chi connectivity index (χ4v) is 1.44. The highest BCUT2D eigenvalue weighted by molar-refractivity contribution is 6.08. The third-order valence-corrected chi connectivity index (χ3v) is 3.08. The van der Waals surface area contributed by atoms with Crippen molar-refractivity contribution in [1.82, 2.24) is 0 Å². The van der Waals surface area contributed by atoms with Crippen LogP contribution in [0.25, 0.3) is 0 Å². The van der Waals surface area contributed by atoms with Gasteiger partial charge in [-0.3, -0.25) is 0 Å². The number of aliphatic hydroxyl groups is 4. The molecule has 0 radical (unpaired) electrons. The number of carboxylic acids is 3. The number of carbonyl (C=O) groups is 3. The van der Waals surface area contributed by atoms with E-state index in [0.717, 1.165) is 12.1 Å². The maximum atomic E-state index is 10.7. The average Bonchev–Trinajstić information content (AvgIpc) is 2.57. The number of hydrogen-bond donors (Lipinski definition) is 7. The lowest BCUT2D eigenvalue weighted by Gasteiger charge is -2.23. The molecule has 1 rings (SSSR count). The molecule has 1 aromatic carbocycles. The first-order valence-electron chi connectivity index (χ1n) is 6.46. The van der Waals surface area contributed by atoms with Gasteiger partial charge in [0, 0.05) is 0 Å². The number of aromatic carboxylic acids is 3. The molecule has 0 aromatic heterocycles. The molecule has 0 aliphatic carbocycles. The Morgan fingerprint density at radius 2 is 1.04 bits per heavy atom. The molecule has 24 heavy (non-hydrogen) atoms. The first kappa shape index (κ1) is 21.5. The summed E-state index contributed by atoms with van der Waals surface area (Å²) in [4.78, 5) is 32.0. The van der Waals surface area contributed by atoms with E-state index in [0.29, 0.717) is 0 Å². The Bertz CT molecular complexity index is 541. The molecular weight excluding hydrogens is 328 g/mol. The Labute approximate surface area is 135 Å². The SMILES string of the molecule is O=C(O)c1cccc(C(=O)O)c1C(=O)O.OCC(CO)(CO)CO. The zero-order valence-corrected chi connectivity index (χ0v) is 12.4. The summed E-state index contributed by atoms with van der Waals surface area (Å²) in [5.74, 6) is -4.53. The van der Waals surface area contributed by atoms with Gasteiger partial charge in [0.15, 0.2) is 0 Å². The summed E-state index contributed by atoms with van der Waals surface area (Å²) in [6.45, 7) is -1.62. The van der Waals surface area contributed by atoms with Gasteiger partial charge >= 0.3 is 17.9 Å². The molecule has 7 N–H and O–H groups in total. The van der Waals surface area contributed by atoms with Crippen LogP contribution < -0.4 is 0 Å². The second-order valence-electron chi connectivity index (χ2n) is 4.78. The molecular formula is C14H18O10. The summed E-state index contributed by atoms with van der Waals surface area (Å²) >= 11 is 0. The summed E-state index contributed by atoms with van der Waals surface area (Å²) in [5.41, 5.74) is -2.90. The van der Waals surface area contributed by atoms with Gasteiger partial charge in [0.05, 0.1) is 48.5 Å². The third kappa shape index (κ3) is 5.28. The second kappa shape index (κ2) is 9.57. The Morgan fingerprint density at radius 3 is 1.21 bits per heavy atom. The number of rotatable bonds is 7. The topological polar surface area (TPSA) is 193 Å². The van der Waals surface area contributed by atoms with Gasteiger partial charge in [0.2, 0.25) is 0 Å². The van der Waals surface area contributed by atoms with Crippen LogP contribution in [0.4, 0.5) is 0 Å². The second-order valence-corrected chi connectivity index (χ2v) is 4.78. The van der Waals surface area contributed by atoms with Crippen LogP contribution in [0.1, 0.15) is 31.1 Å². The monoisotopic (exact) mass is 346 g/mol. The molecule has 0 saturated carbocycles. The normalized spacial score (nSPS) is 10.5. The number of aliphatic hydroxyl groups excluding tert-OH is 4. The van der Waals surface area contributed by atoms with E-state index in [-0.39, 0.29) is 0 Å². The van der Waals surface area contributed by atoms with E-state index in [9.17, 15) is 14.4 Å². The summed E-state index contributed by atoms with van der Waals surface area (Å²) in [6.07, 6.45) is 0. The van der Waals surface area contributed by atoms with Crippen LogP contribution in [-0.4, -0.2) is 80.1 Å². The molecule has 0 spiro atoms. The lowest BCUT2D eigenvalue weighted by atomic mass is 9.93. The van der Waals surface area contributed by atoms with Crippen LogP contribution in [0.5, 0.6) is 0 Å². The number of carboxylic acid groups (broad SMARTS) is 3. The summed E-state index contributed by atoms with van der Waals surface area (Å²) in [7, 11) is 0. The van der Waals surface area contributed by atoms with E-state index in [1.165, 1.54) is 6.07 Å². The quantitative estimate of drug-likeness (QED) is 0.313. The van der Waals surface area contributed by atoms with Crippen molar-refractivity contribution in [1.29, 1.82) is 0 Å². The molecule has 0 fully saturated rings. The van der Waals surface area contributed by atoms with Crippen LogP contribution in [0, 0.1) is 5.41 Å². The highest BCUT2D eigenvalue weighted by atomic mass is 16.4. The largest absolute Gasteiger partial charge is 0.478 e. The van der Waals surface area contributed by atoms with E-state index in [2.05, 4.69) is 0 Å². The van der Waals surface area contributed by atoms with Crippen LogP contribution >= 0.6 is 0 Å². The minimum Gasteiger partial charge on any atom is -0.478 e. The van der Waals surface area contributed by atoms with Gasteiger partial charge in [-0.25, -0.2) is 14.4 Å².